The molecule has 0 atom stereocenters. The molecule has 0 radical (unpaired) electrons. The van der Waals surface area contributed by atoms with Crippen molar-refractivity contribution in [1.29, 1.82) is 0 Å². The normalized spacial score (nSPS) is 11.3. The van der Waals surface area contributed by atoms with Crippen molar-refractivity contribution in [2.45, 2.75) is 20.1 Å². The van der Waals surface area contributed by atoms with Gasteiger partial charge in [-0.05, 0) is 41.8 Å². The average Bonchev–Trinajstić information content (AvgIpc) is 2.81. The van der Waals surface area contributed by atoms with Crippen molar-refractivity contribution in [3.8, 4) is 5.75 Å². The largest absolute Gasteiger partial charge is 0.488 e. The third kappa shape index (κ3) is 6.46. The van der Waals surface area contributed by atoms with E-state index in [-0.39, 0.29) is 12.3 Å². The quantitative estimate of drug-likeness (QED) is 0.387. The minimum absolute atomic E-state index is 0.0287. The highest BCUT2D eigenvalue weighted by molar-refractivity contribution is 9.10. The van der Waals surface area contributed by atoms with Crippen LogP contribution in [0.3, 0.4) is 0 Å². The second kappa shape index (κ2) is 11.2. The summed E-state index contributed by atoms with van der Waals surface area (Å²) in [6.45, 7) is 1.96. The van der Waals surface area contributed by atoms with Gasteiger partial charge >= 0.3 is 12.1 Å². The summed E-state index contributed by atoms with van der Waals surface area (Å²) < 4.78 is 11.9. The van der Waals surface area contributed by atoms with Crippen LogP contribution in [0.1, 0.15) is 23.6 Å². The summed E-state index contributed by atoms with van der Waals surface area (Å²) in [5.74, 6) is -0.791. The number of alkyl carbamates (subject to hydrolysis) is 1. The zero-order valence-corrected chi connectivity index (χ0v) is 19.0. The molecule has 0 fully saturated rings. The molecule has 0 bridgehead atoms. The predicted molar refractivity (Wildman–Crippen MR) is 125 cm³/mol. The lowest BCUT2D eigenvalue weighted by Crippen LogP contribution is -2.28. The van der Waals surface area contributed by atoms with Gasteiger partial charge in [0.1, 0.15) is 24.7 Å². The van der Waals surface area contributed by atoms with E-state index in [0.29, 0.717) is 23.5 Å². The Morgan fingerprint density at radius 1 is 0.906 bits per heavy atom. The fourth-order valence-electron chi connectivity index (χ4n) is 2.96. The van der Waals surface area contributed by atoms with Crippen LogP contribution in [0.2, 0.25) is 0 Å². The fraction of sp³-hybridized carbons (Fsp3) is 0.120. The molecule has 0 heterocycles. The number of hydrogen-bond acceptors (Lipinski definition) is 4. The molecule has 3 aromatic carbocycles. The summed E-state index contributed by atoms with van der Waals surface area (Å²) in [4.78, 5) is 24.2. The zero-order chi connectivity index (χ0) is 22.9. The highest BCUT2D eigenvalue weighted by Crippen LogP contribution is 2.31. The van der Waals surface area contributed by atoms with Crippen molar-refractivity contribution in [2.75, 3.05) is 0 Å². The molecule has 164 valence electrons. The minimum Gasteiger partial charge on any atom is -0.488 e. The first-order chi connectivity index (χ1) is 15.4. The van der Waals surface area contributed by atoms with Crippen LogP contribution in [-0.2, 0) is 22.7 Å². The Morgan fingerprint density at radius 3 is 2.09 bits per heavy atom. The lowest BCUT2D eigenvalue weighted by atomic mass is 10.0. The molecule has 0 saturated carbocycles. The van der Waals surface area contributed by atoms with E-state index < -0.39 is 12.1 Å². The van der Waals surface area contributed by atoms with Gasteiger partial charge in [-0.1, -0.05) is 76.6 Å². The third-order valence-corrected chi connectivity index (χ3v) is 5.10. The Morgan fingerprint density at radius 2 is 1.50 bits per heavy atom. The number of aliphatic carboxylic acids is 1. The van der Waals surface area contributed by atoms with Gasteiger partial charge in [-0.15, -0.1) is 0 Å². The first-order valence-corrected chi connectivity index (χ1v) is 10.6. The van der Waals surface area contributed by atoms with Gasteiger partial charge in [0.2, 0.25) is 0 Å². The number of hydrogen-bond donors (Lipinski definition) is 2. The van der Waals surface area contributed by atoms with Crippen molar-refractivity contribution in [3.05, 3.63) is 106 Å². The van der Waals surface area contributed by atoms with E-state index >= 15 is 0 Å². The van der Waals surface area contributed by atoms with Crippen LogP contribution in [0, 0.1) is 0 Å². The minimum atomic E-state index is -1.28. The summed E-state index contributed by atoms with van der Waals surface area (Å²) in [5, 5.41) is 12.1. The molecule has 0 aromatic heterocycles. The number of halogens is 1. The Balaban J connectivity index is 1.80. The molecule has 0 spiro atoms. The molecule has 2 N–H and O–H groups in total. The summed E-state index contributed by atoms with van der Waals surface area (Å²) >= 11 is 3.41. The molecule has 0 unspecified atom stereocenters. The predicted octanol–water partition coefficient (Wildman–Crippen LogP) is 5.77. The van der Waals surface area contributed by atoms with Crippen molar-refractivity contribution in [1.82, 2.24) is 5.32 Å². The SMILES string of the molecule is CC(=C(NC(=O)OCc1ccccc1)C(=O)O)c1cc(Br)ccc1OCc1ccccc1. The summed E-state index contributed by atoms with van der Waals surface area (Å²) in [6.07, 6.45) is -0.854. The smallest absolute Gasteiger partial charge is 0.412 e. The van der Waals surface area contributed by atoms with Gasteiger partial charge in [0.15, 0.2) is 0 Å². The van der Waals surface area contributed by atoms with Crippen LogP contribution in [0.5, 0.6) is 5.75 Å². The van der Waals surface area contributed by atoms with E-state index in [1.807, 2.05) is 60.7 Å². The first kappa shape index (κ1) is 23.1. The molecule has 0 aliphatic carbocycles. The van der Waals surface area contributed by atoms with Gasteiger partial charge < -0.3 is 14.6 Å². The number of carboxylic acids is 1. The van der Waals surface area contributed by atoms with Gasteiger partial charge in [-0.3, -0.25) is 5.32 Å². The Bertz CT molecular complexity index is 1110. The molecule has 0 aliphatic heterocycles. The molecule has 7 heteroatoms. The zero-order valence-electron chi connectivity index (χ0n) is 17.4. The van der Waals surface area contributed by atoms with Crippen LogP contribution in [-0.4, -0.2) is 17.2 Å². The van der Waals surface area contributed by atoms with Crippen LogP contribution < -0.4 is 10.1 Å². The van der Waals surface area contributed by atoms with E-state index in [2.05, 4.69) is 21.2 Å². The van der Waals surface area contributed by atoms with Crippen LogP contribution in [0.25, 0.3) is 5.57 Å². The van der Waals surface area contributed by atoms with Gasteiger partial charge in [-0.25, -0.2) is 9.59 Å². The van der Waals surface area contributed by atoms with E-state index in [0.717, 1.165) is 15.6 Å². The highest BCUT2D eigenvalue weighted by atomic mass is 79.9. The molecule has 3 aromatic rings. The van der Waals surface area contributed by atoms with Gasteiger partial charge in [0.25, 0.3) is 0 Å². The maximum atomic E-state index is 12.3. The Hall–Kier alpha value is -3.58. The number of rotatable bonds is 8. The van der Waals surface area contributed by atoms with E-state index in [9.17, 15) is 14.7 Å². The molecule has 32 heavy (non-hydrogen) atoms. The lowest BCUT2D eigenvalue weighted by molar-refractivity contribution is -0.133. The van der Waals surface area contributed by atoms with Crippen LogP contribution in [0.4, 0.5) is 4.79 Å². The number of nitrogens with one attached hydrogen (secondary N) is 1. The molecule has 0 aliphatic rings. The molecule has 3 rings (SSSR count). The third-order valence-electron chi connectivity index (χ3n) is 4.61. The van der Waals surface area contributed by atoms with Crippen molar-refractivity contribution in [2.24, 2.45) is 0 Å². The maximum absolute atomic E-state index is 12.3. The van der Waals surface area contributed by atoms with Crippen LogP contribution in [0.15, 0.2) is 89.0 Å². The second-order valence-corrected chi connectivity index (χ2v) is 7.82. The monoisotopic (exact) mass is 495 g/mol. The van der Waals surface area contributed by atoms with Gasteiger partial charge in [0, 0.05) is 10.0 Å². The molecule has 6 nitrogen and oxygen atoms in total. The number of amides is 1. The van der Waals surface area contributed by atoms with Crippen molar-refractivity contribution >= 4 is 33.6 Å². The Labute approximate surface area is 194 Å². The number of carbonyl (C=O) groups is 2. The fourth-order valence-corrected chi connectivity index (χ4v) is 3.32. The van der Waals surface area contributed by atoms with Crippen LogP contribution >= 0.6 is 15.9 Å². The molecule has 0 saturated heterocycles. The highest BCUT2D eigenvalue weighted by Gasteiger charge is 2.19. The molecular formula is C25H22BrNO5. The van der Waals surface area contributed by atoms with Crippen molar-refractivity contribution < 1.29 is 24.2 Å². The molecule has 1 amide bonds. The van der Waals surface area contributed by atoms with E-state index in [4.69, 9.17) is 9.47 Å². The standard InChI is InChI=1S/C25H22BrNO5/c1-17(23(24(28)29)27-25(30)32-16-19-10-6-3-7-11-19)21-14-20(26)12-13-22(21)31-15-18-8-4-2-5-9-18/h2-14H,15-16H2,1H3,(H,27,30)(H,28,29). The average molecular weight is 496 g/mol. The maximum Gasteiger partial charge on any atom is 0.412 e. The Kier molecular flexibility index (Phi) is 8.05. The van der Waals surface area contributed by atoms with Gasteiger partial charge in [0.05, 0.1) is 0 Å². The first-order valence-electron chi connectivity index (χ1n) is 9.82. The van der Waals surface area contributed by atoms with E-state index in [1.165, 1.54) is 0 Å². The summed E-state index contributed by atoms with van der Waals surface area (Å²) in [5.41, 5.74) is 2.35. The summed E-state index contributed by atoms with van der Waals surface area (Å²) in [6, 6.07) is 24.1. The number of allylic oxidation sites excluding steroid dienone is 1. The summed E-state index contributed by atoms with van der Waals surface area (Å²) in [7, 11) is 0. The topological polar surface area (TPSA) is 84.9 Å². The number of ether oxygens (including phenoxy) is 2. The van der Waals surface area contributed by atoms with Crippen molar-refractivity contribution in [3.63, 3.8) is 0 Å². The molecular weight excluding hydrogens is 474 g/mol. The second-order valence-electron chi connectivity index (χ2n) is 6.91. The van der Waals surface area contributed by atoms with E-state index in [1.54, 1.807) is 25.1 Å². The number of benzene rings is 3. The van der Waals surface area contributed by atoms with Gasteiger partial charge in [-0.2, -0.15) is 0 Å². The number of carbonyl (C=O) groups excluding carboxylic acids is 1. The lowest BCUT2D eigenvalue weighted by Gasteiger charge is -2.15. The number of carboxylic acid groups (broad SMARTS) is 1.